The van der Waals surface area contributed by atoms with Gasteiger partial charge in [0, 0.05) is 13.0 Å². The predicted molar refractivity (Wildman–Crippen MR) is 68.4 cm³/mol. The first-order valence-electron chi connectivity index (χ1n) is 5.66. The van der Waals surface area contributed by atoms with Crippen LogP contribution in [0.3, 0.4) is 0 Å². The van der Waals surface area contributed by atoms with Crippen molar-refractivity contribution in [3.8, 4) is 0 Å². The van der Waals surface area contributed by atoms with Gasteiger partial charge in [-0.25, -0.2) is 0 Å². The molecule has 0 aromatic heterocycles. The SMILES string of the molecule is CCOP(=O)(CNC(=O)CCNC(=N)N)OCC. The molecule has 0 saturated carbocycles. The highest BCUT2D eigenvalue weighted by atomic mass is 31.2. The summed E-state index contributed by atoms with van der Waals surface area (Å²) in [5.41, 5.74) is 5.06. The minimum absolute atomic E-state index is 0.123. The Morgan fingerprint density at radius 3 is 2.28 bits per heavy atom. The second kappa shape index (κ2) is 8.91. The van der Waals surface area contributed by atoms with Crippen LogP contribution in [0, 0.1) is 5.41 Å². The number of nitrogens with two attached hydrogens (primary N) is 1. The Bertz CT molecular complexity index is 314. The molecule has 0 aromatic carbocycles. The molecule has 0 fully saturated rings. The lowest BCUT2D eigenvalue weighted by atomic mass is 10.4. The van der Waals surface area contributed by atoms with E-state index in [9.17, 15) is 9.36 Å². The highest BCUT2D eigenvalue weighted by Crippen LogP contribution is 2.46. The lowest BCUT2D eigenvalue weighted by Crippen LogP contribution is -2.34. The molecule has 0 aliphatic rings. The van der Waals surface area contributed by atoms with Gasteiger partial charge in [-0.1, -0.05) is 0 Å². The fourth-order valence-electron chi connectivity index (χ4n) is 1.11. The van der Waals surface area contributed by atoms with Gasteiger partial charge in [0.15, 0.2) is 5.96 Å². The smallest absolute Gasteiger partial charge is 0.349 e. The Balaban J connectivity index is 3.99. The van der Waals surface area contributed by atoms with Gasteiger partial charge < -0.3 is 25.4 Å². The second-order valence-electron chi connectivity index (χ2n) is 3.29. The third kappa shape index (κ3) is 8.05. The summed E-state index contributed by atoms with van der Waals surface area (Å²) in [6.07, 6.45) is -0.0363. The number of rotatable bonds is 9. The summed E-state index contributed by atoms with van der Waals surface area (Å²) in [6.45, 7) is 4.14. The molecule has 0 saturated heterocycles. The van der Waals surface area contributed by atoms with Gasteiger partial charge in [-0.3, -0.25) is 14.8 Å². The van der Waals surface area contributed by atoms with E-state index in [1.807, 2.05) is 0 Å². The first-order valence-corrected chi connectivity index (χ1v) is 7.39. The van der Waals surface area contributed by atoms with Crippen LogP contribution in [0.15, 0.2) is 0 Å². The Labute approximate surface area is 107 Å². The Morgan fingerprint density at radius 2 is 1.83 bits per heavy atom. The normalized spacial score (nSPS) is 11.0. The van der Waals surface area contributed by atoms with Crippen LogP contribution in [0.25, 0.3) is 0 Å². The van der Waals surface area contributed by atoms with Gasteiger partial charge in [0.2, 0.25) is 5.91 Å². The molecule has 0 spiro atoms. The Morgan fingerprint density at radius 1 is 1.28 bits per heavy atom. The Hall–Kier alpha value is -1.11. The molecule has 0 radical (unpaired) electrons. The molecule has 0 aromatic rings. The van der Waals surface area contributed by atoms with Crippen molar-refractivity contribution in [2.24, 2.45) is 5.73 Å². The molecule has 5 N–H and O–H groups in total. The molecule has 9 heteroatoms. The third-order valence-electron chi connectivity index (χ3n) is 1.79. The molecule has 1 amide bonds. The summed E-state index contributed by atoms with van der Waals surface area (Å²) in [7, 11) is -3.24. The van der Waals surface area contributed by atoms with E-state index in [2.05, 4.69) is 10.6 Å². The largest absolute Gasteiger partial charge is 0.370 e. The average Bonchev–Trinajstić information content (AvgIpc) is 2.27. The maximum atomic E-state index is 12.0. The predicted octanol–water partition coefficient (Wildman–Crippen LogP) is 0.199. The highest BCUT2D eigenvalue weighted by molar-refractivity contribution is 7.53. The number of carbonyl (C=O) groups excluding carboxylic acids is 1. The molecular weight excluding hydrogens is 259 g/mol. The van der Waals surface area contributed by atoms with Gasteiger partial charge in [-0.15, -0.1) is 0 Å². The lowest BCUT2D eigenvalue weighted by molar-refractivity contribution is -0.120. The van der Waals surface area contributed by atoms with Gasteiger partial charge in [0.25, 0.3) is 0 Å². The number of hydrogen-bond acceptors (Lipinski definition) is 5. The number of carbonyl (C=O) groups is 1. The maximum absolute atomic E-state index is 12.0. The molecule has 0 rings (SSSR count). The molecule has 8 nitrogen and oxygen atoms in total. The first kappa shape index (κ1) is 16.9. The van der Waals surface area contributed by atoms with E-state index in [-0.39, 0.29) is 44.3 Å². The highest BCUT2D eigenvalue weighted by Gasteiger charge is 2.23. The summed E-state index contributed by atoms with van der Waals surface area (Å²) in [4.78, 5) is 11.4. The fourth-order valence-corrected chi connectivity index (χ4v) is 2.52. The van der Waals surface area contributed by atoms with E-state index in [0.29, 0.717) is 0 Å². The van der Waals surface area contributed by atoms with Crippen LogP contribution < -0.4 is 16.4 Å². The number of hydrogen-bond donors (Lipinski definition) is 4. The number of amides is 1. The van der Waals surface area contributed by atoms with Gasteiger partial charge >= 0.3 is 7.60 Å². The van der Waals surface area contributed by atoms with Crippen molar-refractivity contribution in [2.75, 3.05) is 26.0 Å². The van der Waals surface area contributed by atoms with E-state index in [1.165, 1.54) is 0 Å². The summed E-state index contributed by atoms with van der Waals surface area (Å²) in [5, 5.41) is 11.9. The van der Waals surface area contributed by atoms with Crippen molar-refractivity contribution in [3.63, 3.8) is 0 Å². The summed E-state index contributed by atoms with van der Waals surface area (Å²) in [6, 6.07) is 0. The molecule has 106 valence electrons. The zero-order chi connectivity index (χ0) is 14.0. The van der Waals surface area contributed by atoms with Crippen molar-refractivity contribution in [2.45, 2.75) is 20.3 Å². The van der Waals surface area contributed by atoms with Crippen LogP contribution in [0.2, 0.25) is 0 Å². The van der Waals surface area contributed by atoms with Crippen molar-refractivity contribution < 1.29 is 18.4 Å². The fraction of sp³-hybridized carbons (Fsp3) is 0.778. The van der Waals surface area contributed by atoms with Crippen LogP contribution in [0.5, 0.6) is 0 Å². The average molecular weight is 280 g/mol. The summed E-state index contributed by atoms with van der Waals surface area (Å²) >= 11 is 0. The third-order valence-corrected chi connectivity index (χ3v) is 3.64. The van der Waals surface area contributed by atoms with Crippen molar-refractivity contribution in [3.05, 3.63) is 0 Å². The van der Waals surface area contributed by atoms with Crippen LogP contribution >= 0.6 is 7.60 Å². The molecule has 0 unspecified atom stereocenters. The van der Waals surface area contributed by atoms with Crippen LogP contribution in [0.1, 0.15) is 20.3 Å². The van der Waals surface area contributed by atoms with E-state index >= 15 is 0 Å². The Kier molecular flexibility index (Phi) is 8.36. The van der Waals surface area contributed by atoms with Gasteiger partial charge in [-0.2, -0.15) is 0 Å². The van der Waals surface area contributed by atoms with Crippen molar-refractivity contribution in [1.82, 2.24) is 10.6 Å². The monoisotopic (exact) mass is 280 g/mol. The van der Waals surface area contributed by atoms with Crippen LogP contribution in [-0.4, -0.2) is 37.9 Å². The summed E-state index contributed by atoms with van der Waals surface area (Å²) in [5.74, 6) is -0.513. The maximum Gasteiger partial charge on any atom is 0.349 e. The van der Waals surface area contributed by atoms with E-state index in [1.54, 1.807) is 13.8 Å². The van der Waals surface area contributed by atoms with E-state index in [4.69, 9.17) is 20.2 Å². The first-order chi connectivity index (χ1) is 8.43. The van der Waals surface area contributed by atoms with Gasteiger partial charge in [0.05, 0.1) is 13.2 Å². The standard InChI is InChI=1S/C9H21N4O4P/c1-3-16-18(15,17-4-2)7-13-8(14)5-6-12-9(10)11/h3-7H2,1-2H3,(H,13,14)(H4,10,11,12). The molecule has 0 aliphatic heterocycles. The second-order valence-corrected chi connectivity index (χ2v) is 5.35. The molecule has 0 atom stereocenters. The molecule has 0 heterocycles. The van der Waals surface area contributed by atoms with E-state index in [0.717, 1.165) is 0 Å². The van der Waals surface area contributed by atoms with Crippen LogP contribution in [-0.2, 0) is 18.4 Å². The minimum atomic E-state index is -3.24. The lowest BCUT2D eigenvalue weighted by Gasteiger charge is -2.17. The van der Waals surface area contributed by atoms with Crippen molar-refractivity contribution in [1.29, 1.82) is 5.41 Å². The van der Waals surface area contributed by atoms with E-state index < -0.39 is 7.60 Å². The molecule has 0 bridgehead atoms. The molecule has 0 aliphatic carbocycles. The molecule has 18 heavy (non-hydrogen) atoms. The van der Waals surface area contributed by atoms with Gasteiger partial charge in [0.1, 0.15) is 6.29 Å². The minimum Gasteiger partial charge on any atom is -0.370 e. The van der Waals surface area contributed by atoms with Gasteiger partial charge in [-0.05, 0) is 13.8 Å². The number of guanidine groups is 1. The van der Waals surface area contributed by atoms with Crippen molar-refractivity contribution >= 4 is 19.5 Å². The quantitative estimate of drug-likeness (QED) is 0.271. The molecular formula is C9H21N4O4P. The topological polar surface area (TPSA) is 127 Å². The number of nitrogens with one attached hydrogen (secondary N) is 3. The zero-order valence-electron chi connectivity index (χ0n) is 10.7. The zero-order valence-corrected chi connectivity index (χ0v) is 11.6. The summed E-state index contributed by atoms with van der Waals surface area (Å²) < 4.78 is 22.0. The van der Waals surface area contributed by atoms with Crippen LogP contribution in [0.4, 0.5) is 0 Å².